The zero-order chi connectivity index (χ0) is 19.2. The summed E-state index contributed by atoms with van der Waals surface area (Å²) in [7, 11) is 1.54. The van der Waals surface area contributed by atoms with Crippen LogP contribution in [-0.4, -0.2) is 18.0 Å². The van der Waals surface area contributed by atoms with Crippen molar-refractivity contribution < 1.29 is 18.7 Å². The molecule has 0 atom stereocenters. The number of amides is 1. The zero-order valence-corrected chi connectivity index (χ0v) is 16.0. The van der Waals surface area contributed by atoms with Gasteiger partial charge in [0.05, 0.1) is 12.7 Å². The number of hydrogen-bond acceptors (Lipinski definition) is 4. The average Bonchev–Trinajstić information content (AvgIpc) is 2.69. The summed E-state index contributed by atoms with van der Waals surface area (Å²) < 4.78 is 25.1. The van der Waals surface area contributed by atoms with Gasteiger partial charge in [-0.15, -0.1) is 0 Å². The Labute approximate surface area is 164 Å². The summed E-state index contributed by atoms with van der Waals surface area (Å²) >= 11 is 3.26. The molecule has 0 aliphatic rings. The van der Waals surface area contributed by atoms with Crippen LogP contribution in [-0.2, 0) is 6.61 Å². The molecule has 0 bridgehead atoms. The van der Waals surface area contributed by atoms with Crippen molar-refractivity contribution >= 4 is 27.5 Å². The first-order valence-electron chi connectivity index (χ1n) is 8.03. The van der Waals surface area contributed by atoms with E-state index in [1.807, 2.05) is 12.1 Å². The van der Waals surface area contributed by atoms with E-state index in [1.54, 1.807) is 30.6 Å². The molecule has 0 aliphatic carbocycles. The Balaban J connectivity index is 1.78. The Kier molecular flexibility index (Phi) is 6.03. The van der Waals surface area contributed by atoms with Crippen molar-refractivity contribution in [3.8, 4) is 11.5 Å². The number of carbonyl (C=O) groups excluding carboxylic acids is 1. The molecule has 3 rings (SSSR count). The van der Waals surface area contributed by atoms with Crippen LogP contribution in [0.15, 0.2) is 65.4 Å². The molecule has 1 heterocycles. The fourth-order valence-electron chi connectivity index (χ4n) is 2.38. The molecule has 0 radical (unpaired) electrons. The van der Waals surface area contributed by atoms with Gasteiger partial charge < -0.3 is 14.8 Å². The minimum Gasteiger partial charge on any atom is -0.493 e. The number of anilines is 1. The van der Waals surface area contributed by atoms with Crippen LogP contribution >= 0.6 is 15.9 Å². The molecule has 0 fully saturated rings. The largest absolute Gasteiger partial charge is 0.493 e. The van der Waals surface area contributed by atoms with E-state index in [1.165, 1.54) is 25.3 Å². The summed E-state index contributed by atoms with van der Waals surface area (Å²) in [6.45, 7) is 0.325. The number of nitrogens with zero attached hydrogens (tertiary/aromatic N) is 1. The molecule has 0 saturated heterocycles. The van der Waals surface area contributed by atoms with E-state index < -0.39 is 11.7 Å². The lowest BCUT2D eigenvalue weighted by Crippen LogP contribution is -2.13. The Bertz CT molecular complexity index is 951. The second-order valence-corrected chi connectivity index (χ2v) is 6.44. The third-order valence-electron chi connectivity index (χ3n) is 3.74. The van der Waals surface area contributed by atoms with Gasteiger partial charge in [0.2, 0.25) is 0 Å². The van der Waals surface area contributed by atoms with Crippen molar-refractivity contribution in [3.63, 3.8) is 0 Å². The summed E-state index contributed by atoms with van der Waals surface area (Å²) in [6, 6.07) is 12.7. The molecule has 1 aromatic heterocycles. The van der Waals surface area contributed by atoms with E-state index in [9.17, 15) is 9.18 Å². The molecule has 7 heteroatoms. The highest BCUT2D eigenvalue weighted by atomic mass is 79.9. The Hall–Kier alpha value is -2.93. The molecule has 0 saturated carbocycles. The van der Waals surface area contributed by atoms with Gasteiger partial charge in [0.25, 0.3) is 5.91 Å². The third-order valence-corrected chi connectivity index (χ3v) is 4.43. The predicted octanol–water partition coefficient (Wildman–Crippen LogP) is 4.82. The maximum absolute atomic E-state index is 13.4. The molecule has 1 amide bonds. The van der Waals surface area contributed by atoms with Crippen LogP contribution in [0, 0.1) is 5.82 Å². The number of ether oxygens (including phenoxy) is 2. The Morgan fingerprint density at radius 1 is 1.11 bits per heavy atom. The first-order valence-corrected chi connectivity index (χ1v) is 8.82. The van der Waals surface area contributed by atoms with Crippen molar-refractivity contribution in [2.24, 2.45) is 0 Å². The molecule has 3 aromatic rings. The number of pyridine rings is 1. The van der Waals surface area contributed by atoms with E-state index in [4.69, 9.17) is 9.47 Å². The van der Waals surface area contributed by atoms with Gasteiger partial charge in [-0.05, 0) is 64.0 Å². The quantitative estimate of drug-likeness (QED) is 0.608. The van der Waals surface area contributed by atoms with Gasteiger partial charge in [-0.3, -0.25) is 9.78 Å². The molecule has 1 N–H and O–H groups in total. The van der Waals surface area contributed by atoms with Gasteiger partial charge in [0, 0.05) is 28.6 Å². The average molecular weight is 431 g/mol. The van der Waals surface area contributed by atoms with Crippen molar-refractivity contribution in [2.75, 3.05) is 12.4 Å². The summed E-state index contributed by atoms with van der Waals surface area (Å²) in [5.74, 6) is 0.0884. The standard InChI is InChI=1S/C20H16BrFN2O3/c1-26-18-5-3-15(11-19(18)27-12-13-6-8-23-9-7-13)24-20(25)16-10-14(22)2-4-17(16)21/h2-11H,12H2,1H3,(H,24,25). The lowest BCUT2D eigenvalue weighted by atomic mass is 10.2. The van der Waals surface area contributed by atoms with E-state index in [0.717, 1.165) is 5.56 Å². The van der Waals surface area contributed by atoms with Crippen LogP contribution in [0.4, 0.5) is 10.1 Å². The lowest BCUT2D eigenvalue weighted by Gasteiger charge is -2.13. The maximum Gasteiger partial charge on any atom is 0.256 e. The van der Waals surface area contributed by atoms with E-state index in [-0.39, 0.29) is 5.56 Å². The number of nitrogens with one attached hydrogen (secondary N) is 1. The predicted molar refractivity (Wildman–Crippen MR) is 104 cm³/mol. The lowest BCUT2D eigenvalue weighted by molar-refractivity contribution is 0.102. The first-order chi connectivity index (χ1) is 13.1. The van der Waals surface area contributed by atoms with Gasteiger partial charge in [-0.2, -0.15) is 0 Å². The van der Waals surface area contributed by atoms with Gasteiger partial charge in [0.1, 0.15) is 12.4 Å². The zero-order valence-electron chi connectivity index (χ0n) is 14.4. The highest BCUT2D eigenvalue weighted by Crippen LogP contribution is 2.31. The second-order valence-electron chi connectivity index (χ2n) is 5.59. The van der Waals surface area contributed by atoms with Crippen LogP contribution in [0.25, 0.3) is 0 Å². The maximum atomic E-state index is 13.4. The summed E-state index contributed by atoms with van der Waals surface area (Å²) in [5, 5.41) is 2.73. The molecule has 138 valence electrons. The number of hydrogen-bond donors (Lipinski definition) is 1. The van der Waals surface area contributed by atoms with Gasteiger partial charge in [-0.1, -0.05) is 0 Å². The van der Waals surface area contributed by atoms with Crippen LogP contribution in [0.5, 0.6) is 11.5 Å². The molecular weight excluding hydrogens is 415 g/mol. The van der Waals surface area contributed by atoms with E-state index in [2.05, 4.69) is 26.2 Å². The SMILES string of the molecule is COc1ccc(NC(=O)c2cc(F)ccc2Br)cc1OCc1ccncc1. The van der Waals surface area contributed by atoms with Crippen LogP contribution in [0.1, 0.15) is 15.9 Å². The fourth-order valence-corrected chi connectivity index (χ4v) is 2.80. The van der Waals surface area contributed by atoms with E-state index in [0.29, 0.717) is 28.3 Å². The first kappa shape index (κ1) is 18.8. The molecular formula is C20H16BrFN2O3. The fraction of sp³-hybridized carbons (Fsp3) is 0.100. The molecule has 0 aliphatic heterocycles. The van der Waals surface area contributed by atoms with Crippen LogP contribution in [0.2, 0.25) is 0 Å². The van der Waals surface area contributed by atoms with Crippen molar-refractivity contribution in [3.05, 3.63) is 82.3 Å². The topological polar surface area (TPSA) is 60.5 Å². The van der Waals surface area contributed by atoms with Crippen molar-refractivity contribution in [1.29, 1.82) is 0 Å². The van der Waals surface area contributed by atoms with Crippen LogP contribution < -0.4 is 14.8 Å². The summed E-state index contributed by atoms with van der Waals surface area (Å²) in [4.78, 5) is 16.4. The molecule has 2 aromatic carbocycles. The Morgan fingerprint density at radius 2 is 1.89 bits per heavy atom. The monoisotopic (exact) mass is 430 g/mol. The van der Waals surface area contributed by atoms with E-state index >= 15 is 0 Å². The normalized spacial score (nSPS) is 10.3. The molecule has 0 unspecified atom stereocenters. The highest BCUT2D eigenvalue weighted by molar-refractivity contribution is 9.10. The smallest absolute Gasteiger partial charge is 0.256 e. The minimum absolute atomic E-state index is 0.199. The molecule has 27 heavy (non-hydrogen) atoms. The number of carbonyl (C=O) groups is 1. The van der Waals surface area contributed by atoms with Crippen molar-refractivity contribution in [1.82, 2.24) is 4.98 Å². The number of methoxy groups -OCH3 is 1. The van der Waals surface area contributed by atoms with Gasteiger partial charge in [-0.25, -0.2) is 4.39 Å². The Morgan fingerprint density at radius 3 is 2.63 bits per heavy atom. The third kappa shape index (κ3) is 4.83. The number of rotatable bonds is 6. The second kappa shape index (κ2) is 8.64. The number of aromatic nitrogens is 1. The highest BCUT2D eigenvalue weighted by Gasteiger charge is 2.13. The number of halogens is 2. The molecule has 0 spiro atoms. The summed E-state index contributed by atoms with van der Waals surface area (Å²) in [6.07, 6.45) is 3.37. The van der Waals surface area contributed by atoms with Crippen LogP contribution in [0.3, 0.4) is 0 Å². The van der Waals surface area contributed by atoms with Gasteiger partial charge >= 0.3 is 0 Å². The number of benzene rings is 2. The summed E-state index contributed by atoms with van der Waals surface area (Å²) in [5.41, 5.74) is 1.65. The van der Waals surface area contributed by atoms with Gasteiger partial charge in [0.15, 0.2) is 11.5 Å². The minimum atomic E-state index is -0.487. The molecule has 5 nitrogen and oxygen atoms in total. The van der Waals surface area contributed by atoms with Crippen molar-refractivity contribution in [2.45, 2.75) is 6.61 Å².